The van der Waals surface area contributed by atoms with Crippen LogP contribution in [0.5, 0.6) is 0 Å². The molecule has 0 unspecified atom stereocenters. The van der Waals surface area contributed by atoms with Gasteiger partial charge in [-0.15, -0.1) is 0 Å². The third-order valence-electron chi connectivity index (χ3n) is 2.70. The fraction of sp³-hybridized carbons (Fsp3) is 0.0714. The molecule has 0 fully saturated rings. The quantitative estimate of drug-likeness (QED) is 0.880. The highest BCUT2D eigenvalue weighted by Crippen LogP contribution is 2.21. The van der Waals surface area contributed by atoms with E-state index in [0.717, 1.165) is 13.2 Å². The molecule has 0 aliphatic rings. The summed E-state index contributed by atoms with van der Waals surface area (Å²) in [6.45, 7) is 0. The largest absolute Gasteiger partial charge is 0.465 e. The Labute approximate surface area is 121 Å². The maximum Gasteiger partial charge on any atom is 0.339 e. The van der Waals surface area contributed by atoms with E-state index in [0.29, 0.717) is 0 Å². The minimum absolute atomic E-state index is 0.121. The molecule has 0 spiro atoms. The summed E-state index contributed by atoms with van der Waals surface area (Å²) in [5, 5.41) is 0. The van der Waals surface area contributed by atoms with Crippen molar-refractivity contribution >= 4 is 21.7 Å². The molecule has 0 bridgehead atoms. The zero-order valence-corrected chi connectivity index (χ0v) is 11.9. The molecule has 2 aromatic rings. The lowest BCUT2D eigenvalue weighted by atomic mass is 10.2. The number of carbonyl (C=O) groups is 1. The van der Waals surface area contributed by atoms with E-state index < -0.39 is 21.8 Å². The minimum atomic E-state index is -4.11. The van der Waals surface area contributed by atoms with E-state index in [2.05, 4.69) is 9.46 Å². The zero-order valence-electron chi connectivity index (χ0n) is 11.0. The highest BCUT2D eigenvalue weighted by atomic mass is 32.2. The van der Waals surface area contributed by atoms with Crippen LogP contribution in [0.3, 0.4) is 0 Å². The summed E-state index contributed by atoms with van der Waals surface area (Å²) in [5.74, 6) is -1.50. The first-order valence-electron chi connectivity index (χ1n) is 5.90. The van der Waals surface area contributed by atoms with Crippen LogP contribution in [0.2, 0.25) is 0 Å². The third-order valence-corrected chi connectivity index (χ3v) is 4.12. The second-order valence-electron chi connectivity index (χ2n) is 4.07. The Morgan fingerprint density at radius 2 is 1.71 bits per heavy atom. The van der Waals surface area contributed by atoms with Crippen molar-refractivity contribution in [1.82, 2.24) is 0 Å². The number of nitrogens with one attached hydrogen (secondary N) is 1. The molecule has 0 saturated heterocycles. The Morgan fingerprint density at radius 3 is 2.38 bits per heavy atom. The molecular formula is C14H12FNO4S. The summed E-state index contributed by atoms with van der Waals surface area (Å²) >= 11 is 0. The van der Waals surface area contributed by atoms with Crippen LogP contribution in [0.1, 0.15) is 10.4 Å². The number of sulfonamides is 1. The molecule has 5 nitrogen and oxygen atoms in total. The minimum Gasteiger partial charge on any atom is -0.465 e. The number of esters is 1. The lowest BCUT2D eigenvalue weighted by molar-refractivity contribution is 0.0596. The highest BCUT2D eigenvalue weighted by molar-refractivity contribution is 7.92. The molecule has 0 heterocycles. The maximum atomic E-state index is 13.5. The molecule has 2 rings (SSSR count). The highest BCUT2D eigenvalue weighted by Gasteiger charge is 2.23. The number of methoxy groups -OCH3 is 1. The van der Waals surface area contributed by atoms with Crippen molar-refractivity contribution < 1.29 is 22.3 Å². The van der Waals surface area contributed by atoms with Crippen molar-refractivity contribution in [3.05, 3.63) is 59.9 Å². The molecule has 110 valence electrons. The van der Waals surface area contributed by atoms with Crippen LogP contribution in [-0.2, 0) is 14.8 Å². The molecule has 2 aromatic carbocycles. The van der Waals surface area contributed by atoms with E-state index in [9.17, 15) is 17.6 Å². The van der Waals surface area contributed by atoms with Gasteiger partial charge in [0.2, 0.25) is 0 Å². The number of ether oxygens (including phenoxy) is 1. The van der Waals surface area contributed by atoms with Crippen LogP contribution >= 0.6 is 0 Å². The summed E-state index contributed by atoms with van der Waals surface area (Å²) < 4.78 is 44.8. The summed E-state index contributed by atoms with van der Waals surface area (Å²) in [4.78, 5) is 11.3. The molecule has 0 aliphatic carbocycles. The monoisotopic (exact) mass is 309 g/mol. The normalized spacial score (nSPS) is 11.0. The van der Waals surface area contributed by atoms with E-state index in [1.54, 1.807) is 0 Å². The molecule has 1 N–H and O–H groups in total. The first-order valence-corrected chi connectivity index (χ1v) is 7.38. The van der Waals surface area contributed by atoms with Gasteiger partial charge in [-0.1, -0.05) is 24.3 Å². The van der Waals surface area contributed by atoms with Crippen molar-refractivity contribution in [3.63, 3.8) is 0 Å². The molecule has 0 atom stereocenters. The Balaban J connectivity index is 2.46. The number of hydrogen-bond donors (Lipinski definition) is 1. The van der Waals surface area contributed by atoms with Crippen molar-refractivity contribution in [2.45, 2.75) is 4.90 Å². The summed E-state index contributed by atoms with van der Waals surface area (Å²) in [5.41, 5.74) is -0.319. The number of anilines is 1. The predicted octanol–water partition coefficient (Wildman–Crippen LogP) is 2.41. The van der Waals surface area contributed by atoms with Gasteiger partial charge >= 0.3 is 5.97 Å². The molecule has 0 aliphatic heterocycles. The van der Waals surface area contributed by atoms with Gasteiger partial charge in [-0.05, 0) is 24.3 Å². The fourth-order valence-electron chi connectivity index (χ4n) is 1.72. The second-order valence-corrected chi connectivity index (χ2v) is 5.72. The van der Waals surface area contributed by atoms with E-state index in [-0.39, 0.29) is 16.1 Å². The lowest BCUT2D eigenvalue weighted by Gasteiger charge is -2.11. The predicted molar refractivity (Wildman–Crippen MR) is 75.0 cm³/mol. The van der Waals surface area contributed by atoms with Crippen LogP contribution in [-0.4, -0.2) is 21.5 Å². The second kappa shape index (κ2) is 5.92. The van der Waals surface area contributed by atoms with E-state index in [1.165, 1.54) is 42.5 Å². The van der Waals surface area contributed by atoms with Gasteiger partial charge in [-0.3, -0.25) is 4.72 Å². The Morgan fingerprint density at radius 1 is 1.10 bits per heavy atom. The van der Waals surface area contributed by atoms with Crippen LogP contribution in [0.25, 0.3) is 0 Å². The number of rotatable bonds is 4. The third kappa shape index (κ3) is 3.19. The molecule has 0 aromatic heterocycles. The van der Waals surface area contributed by atoms with Gasteiger partial charge in [0, 0.05) is 0 Å². The van der Waals surface area contributed by atoms with Crippen molar-refractivity contribution in [3.8, 4) is 0 Å². The molecular weight excluding hydrogens is 297 g/mol. The molecule has 7 heteroatoms. The molecule has 0 radical (unpaired) electrons. The van der Waals surface area contributed by atoms with Crippen LogP contribution < -0.4 is 4.72 Å². The van der Waals surface area contributed by atoms with Crippen LogP contribution in [0, 0.1) is 5.82 Å². The topological polar surface area (TPSA) is 72.5 Å². The van der Waals surface area contributed by atoms with Crippen molar-refractivity contribution in [2.75, 3.05) is 11.8 Å². The Kier molecular flexibility index (Phi) is 4.23. The van der Waals surface area contributed by atoms with Gasteiger partial charge in [-0.2, -0.15) is 0 Å². The average molecular weight is 309 g/mol. The van der Waals surface area contributed by atoms with Gasteiger partial charge in [0.25, 0.3) is 10.0 Å². The first-order chi connectivity index (χ1) is 9.95. The Hall–Kier alpha value is -2.41. The van der Waals surface area contributed by atoms with Crippen molar-refractivity contribution in [2.24, 2.45) is 0 Å². The van der Waals surface area contributed by atoms with Crippen LogP contribution in [0.15, 0.2) is 53.4 Å². The maximum absolute atomic E-state index is 13.5. The van der Waals surface area contributed by atoms with Crippen molar-refractivity contribution in [1.29, 1.82) is 0 Å². The number of carbonyl (C=O) groups excluding carboxylic acids is 1. The summed E-state index contributed by atoms with van der Waals surface area (Å²) in [7, 11) is -2.96. The fourth-order valence-corrected chi connectivity index (χ4v) is 2.99. The SMILES string of the molecule is COC(=O)c1ccccc1S(=O)(=O)Nc1ccccc1F. The smallest absolute Gasteiger partial charge is 0.339 e. The Bertz CT molecular complexity index is 774. The van der Waals surface area contributed by atoms with Gasteiger partial charge < -0.3 is 4.74 Å². The van der Waals surface area contributed by atoms with E-state index >= 15 is 0 Å². The van der Waals surface area contributed by atoms with Crippen LogP contribution in [0.4, 0.5) is 10.1 Å². The van der Waals surface area contributed by atoms with E-state index in [4.69, 9.17) is 0 Å². The molecule has 0 amide bonds. The number of para-hydroxylation sites is 1. The van der Waals surface area contributed by atoms with Gasteiger partial charge in [0.05, 0.1) is 18.4 Å². The summed E-state index contributed by atoms with van der Waals surface area (Å²) in [6.07, 6.45) is 0. The molecule has 0 saturated carbocycles. The number of halogens is 1. The van der Waals surface area contributed by atoms with E-state index in [1.807, 2.05) is 0 Å². The standard InChI is InChI=1S/C14H12FNO4S/c1-20-14(17)10-6-2-5-9-13(10)21(18,19)16-12-8-4-3-7-11(12)15/h2-9,16H,1H3. The molecule has 21 heavy (non-hydrogen) atoms. The summed E-state index contributed by atoms with van der Waals surface area (Å²) in [6, 6.07) is 10.9. The average Bonchev–Trinajstić information content (AvgIpc) is 2.48. The van der Waals surface area contributed by atoms with Gasteiger partial charge in [-0.25, -0.2) is 17.6 Å². The zero-order chi connectivity index (χ0) is 15.5. The number of hydrogen-bond acceptors (Lipinski definition) is 4. The number of benzene rings is 2. The first kappa shape index (κ1) is 15.0. The lowest BCUT2D eigenvalue weighted by Crippen LogP contribution is -2.18. The van der Waals surface area contributed by atoms with Gasteiger partial charge in [0.15, 0.2) is 0 Å². The van der Waals surface area contributed by atoms with Gasteiger partial charge in [0.1, 0.15) is 10.7 Å².